The smallest absolute Gasteiger partial charge is 0.258 e. The summed E-state index contributed by atoms with van der Waals surface area (Å²) in [7, 11) is 0. The van der Waals surface area contributed by atoms with E-state index >= 15 is 0 Å². The van der Waals surface area contributed by atoms with Crippen LogP contribution >= 0.6 is 27.3 Å². The summed E-state index contributed by atoms with van der Waals surface area (Å²) in [4.78, 5) is 23.9. The number of rotatable bonds is 3. The lowest BCUT2D eigenvalue weighted by atomic mass is 10.0. The number of anilines is 1. The molecule has 1 aliphatic rings. The van der Waals surface area contributed by atoms with Crippen molar-refractivity contribution in [1.82, 2.24) is 9.97 Å². The van der Waals surface area contributed by atoms with Crippen molar-refractivity contribution < 1.29 is 4.79 Å². The van der Waals surface area contributed by atoms with Crippen LogP contribution in [0.15, 0.2) is 59.1 Å². The minimum Gasteiger partial charge on any atom is -0.298 e. The summed E-state index contributed by atoms with van der Waals surface area (Å²) in [5.41, 5.74) is 4.31. The predicted octanol–water partition coefficient (Wildman–Crippen LogP) is 6.25. The zero-order valence-corrected chi connectivity index (χ0v) is 18.0. The van der Waals surface area contributed by atoms with Crippen LogP contribution in [0.4, 0.5) is 5.13 Å². The highest BCUT2D eigenvalue weighted by molar-refractivity contribution is 9.10. The van der Waals surface area contributed by atoms with E-state index in [0.717, 1.165) is 45.2 Å². The molecule has 0 aliphatic heterocycles. The van der Waals surface area contributed by atoms with E-state index in [4.69, 9.17) is 4.98 Å². The molecule has 0 saturated heterocycles. The van der Waals surface area contributed by atoms with E-state index < -0.39 is 0 Å². The van der Waals surface area contributed by atoms with Gasteiger partial charge in [-0.15, -0.1) is 11.3 Å². The van der Waals surface area contributed by atoms with Crippen molar-refractivity contribution in [2.24, 2.45) is 0 Å². The van der Waals surface area contributed by atoms with Crippen LogP contribution in [0.2, 0.25) is 0 Å². The maximum atomic E-state index is 13.2. The minimum atomic E-state index is -0.145. The lowest BCUT2D eigenvalue weighted by molar-refractivity contribution is 0.102. The van der Waals surface area contributed by atoms with E-state index in [1.165, 1.54) is 17.7 Å². The van der Waals surface area contributed by atoms with Crippen LogP contribution in [0.25, 0.3) is 22.2 Å². The van der Waals surface area contributed by atoms with Gasteiger partial charge >= 0.3 is 0 Å². The largest absolute Gasteiger partial charge is 0.298 e. The van der Waals surface area contributed by atoms with Gasteiger partial charge in [0.05, 0.1) is 22.5 Å². The molecule has 1 N–H and O–H groups in total. The Labute approximate surface area is 181 Å². The third kappa shape index (κ3) is 3.70. The first-order chi connectivity index (χ1) is 14.2. The number of carbonyl (C=O) groups excluding carboxylic acids is 1. The van der Waals surface area contributed by atoms with Gasteiger partial charge in [0.15, 0.2) is 5.13 Å². The Kier molecular flexibility index (Phi) is 4.89. The number of fused-ring (bicyclic) bond motifs is 2. The number of nitrogens with one attached hydrogen (secondary N) is 1. The van der Waals surface area contributed by atoms with E-state index in [0.29, 0.717) is 10.7 Å². The summed E-state index contributed by atoms with van der Waals surface area (Å²) < 4.78 is 1.01. The first kappa shape index (κ1) is 18.5. The van der Waals surface area contributed by atoms with E-state index in [9.17, 15) is 4.79 Å². The quantitative estimate of drug-likeness (QED) is 0.390. The molecular weight excluding hydrogens is 446 g/mol. The Balaban J connectivity index is 1.54. The molecule has 0 unspecified atom stereocenters. The van der Waals surface area contributed by atoms with Gasteiger partial charge in [-0.05, 0) is 49.9 Å². The van der Waals surface area contributed by atoms with Crippen molar-refractivity contribution >= 4 is 49.2 Å². The van der Waals surface area contributed by atoms with Crippen molar-refractivity contribution in [1.29, 1.82) is 0 Å². The Morgan fingerprint density at radius 1 is 1.00 bits per heavy atom. The predicted molar refractivity (Wildman–Crippen MR) is 122 cm³/mol. The molecule has 4 nitrogen and oxygen atoms in total. The highest BCUT2D eigenvalue weighted by atomic mass is 79.9. The highest BCUT2D eigenvalue weighted by Gasteiger charge is 2.19. The minimum absolute atomic E-state index is 0.145. The van der Waals surface area contributed by atoms with Crippen LogP contribution < -0.4 is 5.32 Å². The summed E-state index contributed by atoms with van der Waals surface area (Å²) in [5.74, 6) is -0.145. The third-order valence-corrected chi connectivity index (χ3v) is 6.77. The number of benzene rings is 2. The number of halogens is 1. The lowest BCUT2D eigenvalue weighted by Gasteiger charge is -2.10. The molecule has 2 aromatic carbocycles. The number of para-hydroxylation sites is 1. The van der Waals surface area contributed by atoms with Gasteiger partial charge < -0.3 is 0 Å². The van der Waals surface area contributed by atoms with Gasteiger partial charge in [0, 0.05) is 20.3 Å². The molecule has 2 aromatic heterocycles. The second-order valence-corrected chi connectivity index (χ2v) is 9.13. The van der Waals surface area contributed by atoms with Crippen LogP contribution in [0.3, 0.4) is 0 Å². The number of carbonyl (C=O) groups is 1. The fraction of sp³-hybridized carbons (Fsp3) is 0.174. The summed E-state index contributed by atoms with van der Waals surface area (Å²) in [6.07, 6.45) is 4.45. The number of hydrogen-bond acceptors (Lipinski definition) is 4. The van der Waals surface area contributed by atoms with Gasteiger partial charge in [-0.2, -0.15) is 0 Å². The number of aryl methyl sites for hydroxylation is 2. The Morgan fingerprint density at radius 2 is 1.79 bits per heavy atom. The van der Waals surface area contributed by atoms with Crippen LogP contribution in [-0.2, 0) is 12.8 Å². The van der Waals surface area contributed by atoms with Gasteiger partial charge in [0.25, 0.3) is 5.91 Å². The molecule has 1 amide bonds. The lowest BCUT2D eigenvalue weighted by Crippen LogP contribution is -2.13. The molecule has 29 heavy (non-hydrogen) atoms. The monoisotopic (exact) mass is 463 g/mol. The topological polar surface area (TPSA) is 54.9 Å². The molecular formula is C23H18BrN3OS. The van der Waals surface area contributed by atoms with Gasteiger partial charge in [-0.3, -0.25) is 10.1 Å². The average molecular weight is 464 g/mol. The summed E-state index contributed by atoms with van der Waals surface area (Å²) in [6.45, 7) is 0. The van der Waals surface area contributed by atoms with Crippen LogP contribution in [0.5, 0.6) is 0 Å². The van der Waals surface area contributed by atoms with E-state index in [2.05, 4.69) is 26.2 Å². The number of aromatic nitrogens is 2. The van der Waals surface area contributed by atoms with Gasteiger partial charge in [-0.25, -0.2) is 9.97 Å². The van der Waals surface area contributed by atoms with Crippen molar-refractivity contribution in [2.75, 3.05) is 5.32 Å². The molecule has 0 fully saturated rings. The van der Waals surface area contributed by atoms with Gasteiger partial charge in [0.1, 0.15) is 0 Å². The first-order valence-corrected chi connectivity index (χ1v) is 11.2. The number of amides is 1. The Bertz CT molecular complexity index is 1190. The van der Waals surface area contributed by atoms with Crippen molar-refractivity contribution in [2.45, 2.75) is 25.7 Å². The zero-order valence-electron chi connectivity index (χ0n) is 15.6. The Morgan fingerprint density at radius 3 is 2.62 bits per heavy atom. The molecule has 2 heterocycles. The first-order valence-electron chi connectivity index (χ1n) is 9.63. The Hall–Kier alpha value is -2.57. The third-order valence-electron chi connectivity index (χ3n) is 5.17. The second-order valence-electron chi connectivity index (χ2n) is 7.13. The number of hydrogen-bond donors (Lipinski definition) is 1. The molecule has 0 radical (unpaired) electrons. The molecule has 0 bridgehead atoms. The van der Waals surface area contributed by atoms with Crippen molar-refractivity contribution in [3.8, 4) is 11.3 Å². The molecule has 5 rings (SSSR count). The molecule has 144 valence electrons. The van der Waals surface area contributed by atoms with E-state index in [-0.39, 0.29) is 5.91 Å². The fourth-order valence-corrected chi connectivity index (χ4v) is 5.01. The summed E-state index contributed by atoms with van der Waals surface area (Å²) in [6, 6.07) is 17.6. The van der Waals surface area contributed by atoms with E-state index in [1.807, 2.05) is 54.6 Å². The molecule has 4 aromatic rings. The van der Waals surface area contributed by atoms with Crippen LogP contribution in [0.1, 0.15) is 33.8 Å². The van der Waals surface area contributed by atoms with Gasteiger partial charge in [-0.1, -0.05) is 46.3 Å². The van der Waals surface area contributed by atoms with E-state index in [1.54, 1.807) is 11.3 Å². The van der Waals surface area contributed by atoms with Crippen LogP contribution in [0, 0.1) is 0 Å². The SMILES string of the molecule is O=C(Nc1nc2c(s1)CCCC2)c1cc(-c2ccc(Br)cc2)nc2ccccc12. The zero-order chi connectivity index (χ0) is 19.8. The normalized spacial score (nSPS) is 13.3. The molecule has 6 heteroatoms. The average Bonchev–Trinajstić information content (AvgIpc) is 3.15. The van der Waals surface area contributed by atoms with Gasteiger partial charge in [0.2, 0.25) is 0 Å². The molecule has 0 atom stereocenters. The summed E-state index contributed by atoms with van der Waals surface area (Å²) >= 11 is 5.07. The molecule has 1 aliphatic carbocycles. The number of thiazole rings is 1. The maximum absolute atomic E-state index is 13.2. The summed E-state index contributed by atoms with van der Waals surface area (Å²) in [5, 5.41) is 4.56. The molecule has 0 saturated carbocycles. The second kappa shape index (κ2) is 7.69. The van der Waals surface area contributed by atoms with Crippen molar-refractivity contribution in [3.05, 3.63) is 75.2 Å². The standard InChI is InChI=1S/C23H18BrN3OS/c24-15-11-9-14(10-12-15)20-13-17(16-5-1-2-6-18(16)25-20)22(28)27-23-26-19-7-3-4-8-21(19)29-23/h1-2,5-6,9-13H,3-4,7-8H2,(H,26,27,28). The van der Waals surface area contributed by atoms with Crippen molar-refractivity contribution in [3.63, 3.8) is 0 Å². The molecule has 0 spiro atoms. The highest BCUT2D eigenvalue weighted by Crippen LogP contribution is 2.31. The number of pyridine rings is 1. The fourth-order valence-electron chi connectivity index (χ4n) is 3.70. The maximum Gasteiger partial charge on any atom is 0.258 e. The van der Waals surface area contributed by atoms with Crippen LogP contribution in [-0.4, -0.2) is 15.9 Å². The number of nitrogens with zero attached hydrogens (tertiary/aromatic N) is 2.